The summed E-state index contributed by atoms with van der Waals surface area (Å²) in [4.78, 5) is 14.6. The molecule has 7 heteroatoms. The number of para-hydroxylation sites is 2. The van der Waals surface area contributed by atoms with Crippen LogP contribution in [0.2, 0.25) is 0 Å². The minimum atomic E-state index is -0.216. The van der Waals surface area contributed by atoms with E-state index >= 15 is 0 Å². The van der Waals surface area contributed by atoms with Crippen molar-refractivity contribution in [2.24, 2.45) is 0 Å². The summed E-state index contributed by atoms with van der Waals surface area (Å²) < 4.78 is 6.29. The Bertz CT molecular complexity index is 778. The first kappa shape index (κ1) is 18.1. The Labute approximate surface area is 165 Å². The van der Waals surface area contributed by atoms with Crippen molar-refractivity contribution in [2.75, 3.05) is 36.5 Å². The number of anilines is 2. The fourth-order valence-corrected chi connectivity index (χ4v) is 3.46. The first-order valence-electron chi connectivity index (χ1n) is 7.94. The Morgan fingerprint density at radius 2 is 1.76 bits per heavy atom. The van der Waals surface area contributed by atoms with Crippen LogP contribution in [0.25, 0.3) is 0 Å². The van der Waals surface area contributed by atoms with Gasteiger partial charge in [-0.2, -0.15) is 0 Å². The number of thiocarbonyl (C=S) groups is 1. The zero-order valence-corrected chi connectivity index (χ0v) is 16.5. The molecule has 2 N–H and O–H groups in total. The third kappa shape index (κ3) is 4.68. The van der Waals surface area contributed by atoms with Crippen LogP contribution in [0.5, 0.6) is 0 Å². The molecule has 5 nitrogen and oxygen atoms in total. The van der Waals surface area contributed by atoms with E-state index in [9.17, 15) is 4.79 Å². The fourth-order valence-electron chi connectivity index (χ4n) is 2.63. The van der Waals surface area contributed by atoms with Crippen LogP contribution in [0, 0.1) is 3.57 Å². The SMILES string of the molecule is O=C(NC(=S)Nc1ccccc1N1CCOCC1)c1ccccc1I. The number of halogens is 1. The third-order valence-electron chi connectivity index (χ3n) is 3.85. The van der Waals surface area contributed by atoms with E-state index in [2.05, 4.69) is 38.1 Å². The zero-order valence-electron chi connectivity index (χ0n) is 13.5. The third-order valence-corrected chi connectivity index (χ3v) is 4.99. The molecule has 0 radical (unpaired) electrons. The van der Waals surface area contributed by atoms with Gasteiger partial charge in [-0.1, -0.05) is 24.3 Å². The summed E-state index contributed by atoms with van der Waals surface area (Å²) in [6.07, 6.45) is 0. The highest BCUT2D eigenvalue weighted by Gasteiger charge is 2.16. The Morgan fingerprint density at radius 1 is 1.08 bits per heavy atom. The minimum absolute atomic E-state index is 0.216. The fraction of sp³-hybridized carbons (Fsp3) is 0.222. The lowest BCUT2D eigenvalue weighted by Crippen LogP contribution is -2.38. The van der Waals surface area contributed by atoms with Crippen molar-refractivity contribution in [3.05, 3.63) is 57.7 Å². The molecule has 0 saturated carbocycles. The van der Waals surface area contributed by atoms with E-state index in [1.165, 1.54) is 0 Å². The van der Waals surface area contributed by atoms with E-state index in [4.69, 9.17) is 17.0 Å². The van der Waals surface area contributed by atoms with Crippen LogP contribution in [-0.4, -0.2) is 37.3 Å². The lowest BCUT2D eigenvalue weighted by molar-refractivity contribution is 0.0977. The van der Waals surface area contributed by atoms with Crippen molar-refractivity contribution >= 4 is 57.2 Å². The Kier molecular flexibility index (Phi) is 6.22. The van der Waals surface area contributed by atoms with Gasteiger partial charge in [0.15, 0.2) is 5.11 Å². The van der Waals surface area contributed by atoms with Gasteiger partial charge in [-0.05, 0) is 59.1 Å². The average molecular weight is 467 g/mol. The molecule has 0 aliphatic carbocycles. The molecule has 2 aromatic carbocycles. The van der Waals surface area contributed by atoms with Crippen LogP contribution in [0.1, 0.15) is 10.4 Å². The lowest BCUT2D eigenvalue weighted by atomic mass is 10.2. The van der Waals surface area contributed by atoms with E-state index in [1.807, 2.05) is 42.5 Å². The van der Waals surface area contributed by atoms with Crippen molar-refractivity contribution in [3.8, 4) is 0 Å². The van der Waals surface area contributed by atoms with Gasteiger partial charge in [0, 0.05) is 16.7 Å². The van der Waals surface area contributed by atoms with Crippen molar-refractivity contribution in [3.63, 3.8) is 0 Å². The molecule has 130 valence electrons. The maximum atomic E-state index is 12.4. The molecular formula is C18H18IN3O2S. The maximum absolute atomic E-state index is 12.4. The summed E-state index contributed by atoms with van der Waals surface area (Å²) in [6.45, 7) is 3.09. The predicted octanol–water partition coefficient (Wildman–Crippen LogP) is 3.25. The summed E-state index contributed by atoms with van der Waals surface area (Å²) in [6, 6.07) is 15.3. The molecule has 0 unspecified atom stereocenters. The predicted molar refractivity (Wildman–Crippen MR) is 112 cm³/mol. The van der Waals surface area contributed by atoms with Gasteiger partial charge in [-0.25, -0.2) is 0 Å². The molecule has 1 saturated heterocycles. The number of hydrogen-bond donors (Lipinski definition) is 2. The van der Waals surface area contributed by atoms with E-state index in [-0.39, 0.29) is 11.0 Å². The number of carbonyl (C=O) groups excluding carboxylic acids is 1. The number of rotatable bonds is 3. The molecule has 0 aromatic heterocycles. The van der Waals surface area contributed by atoms with Gasteiger partial charge in [0.1, 0.15) is 0 Å². The molecule has 0 atom stereocenters. The second-order valence-corrected chi connectivity index (χ2v) is 7.08. The van der Waals surface area contributed by atoms with Crippen LogP contribution in [-0.2, 0) is 4.74 Å². The Hall–Kier alpha value is -1.71. The van der Waals surface area contributed by atoms with E-state index in [0.717, 1.165) is 28.0 Å². The monoisotopic (exact) mass is 467 g/mol. The first-order chi connectivity index (χ1) is 12.1. The van der Waals surface area contributed by atoms with E-state index in [0.29, 0.717) is 18.8 Å². The van der Waals surface area contributed by atoms with Crippen LogP contribution in [0.15, 0.2) is 48.5 Å². The Balaban J connectivity index is 1.69. The van der Waals surface area contributed by atoms with Gasteiger partial charge in [-0.3, -0.25) is 10.1 Å². The highest BCUT2D eigenvalue weighted by atomic mass is 127. The molecule has 1 aliphatic rings. The number of amides is 1. The summed E-state index contributed by atoms with van der Waals surface area (Å²) in [7, 11) is 0. The largest absolute Gasteiger partial charge is 0.378 e. The van der Waals surface area contributed by atoms with Crippen LogP contribution >= 0.6 is 34.8 Å². The van der Waals surface area contributed by atoms with Gasteiger partial charge >= 0.3 is 0 Å². The molecular weight excluding hydrogens is 449 g/mol. The van der Waals surface area contributed by atoms with Crippen molar-refractivity contribution in [2.45, 2.75) is 0 Å². The standard InChI is InChI=1S/C18H18IN3O2S/c19-14-6-2-1-5-13(14)17(23)21-18(25)20-15-7-3-4-8-16(15)22-9-11-24-12-10-22/h1-8H,9-12H2,(H2,20,21,23,25). The number of ether oxygens (including phenoxy) is 1. The second kappa shape index (κ2) is 8.59. The quantitative estimate of drug-likeness (QED) is 0.537. The Morgan fingerprint density at radius 3 is 2.52 bits per heavy atom. The minimum Gasteiger partial charge on any atom is -0.378 e. The smallest absolute Gasteiger partial charge is 0.258 e. The molecule has 3 rings (SSSR count). The van der Waals surface area contributed by atoms with Gasteiger partial charge in [0.2, 0.25) is 0 Å². The average Bonchev–Trinajstić information content (AvgIpc) is 2.63. The summed E-state index contributed by atoms with van der Waals surface area (Å²) >= 11 is 7.47. The summed E-state index contributed by atoms with van der Waals surface area (Å²) in [5.74, 6) is -0.216. The van der Waals surface area contributed by atoms with E-state index < -0.39 is 0 Å². The molecule has 25 heavy (non-hydrogen) atoms. The van der Waals surface area contributed by atoms with Crippen molar-refractivity contribution in [1.29, 1.82) is 0 Å². The lowest BCUT2D eigenvalue weighted by Gasteiger charge is -2.30. The van der Waals surface area contributed by atoms with Gasteiger partial charge in [0.05, 0.1) is 30.2 Å². The molecule has 1 fully saturated rings. The zero-order chi connectivity index (χ0) is 17.6. The second-order valence-electron chi connectivity index (χ2n) is 5.50. The number of carbonyl (C=O) groups is 1. The molecule has 1 heterocycles. The van der Waals surface area contributed by atoms with Crippen molar-refractivity contribution < 1.29 is 9.53 Å². The topological polar surface area (TPSA) is 53.6 Å². The van der Waals surface area contributed by atoms with Gasteiger partial charge < -0.3 is 15.0 Å². The van der Waals surface area contributed by atoms with Gasteiger partial charge in [0.25, 0.3) is 5.91 Å². The van der Waals surface area contributed by atoms with Crippen LogP contribution in [0.3, 0.4) is 0 Å². The number of nitrogens with zero attached hydrogens (tertiary/aromatic N) is 1. The number of benzene rings is 2. The summed E-state index contributed by atoms with van der Waals surface area (Å²) in [5, 5.41) is 6.17. The molecule has 2 aromatic rings. The normalized spacial score (nSPS) is 14.0. The van der Waals surface area contributed by atoms with Crippen LogP contribution in [0.4, 0.5) is 11.4 Å². The molecule has 1 amide bonds. The van der Waals surface area contributed by atoms with Crippen molar-refractivity contribution in [1.82, 2.24) is 5.32 Å². The molecule has 1 aliphatic heterocycles. The van der Waals surface area contributed by atoms with E-state index in [1.54, 1.807) is 6.07 Å². The number of nitrogens with one attached hydrogen (secondary N) is 2. The first-order valence-corrected chi connectivity index (χ1v) is 9.42. The molecule has 0 spiro atoms. The number of hydrogen-bond acceptors (Lipinski definition) is 4. The highest BCUT2D eigenvalue weighted by molar-refractivity contribution is 14.1. The molecule has 0 bridgehead atoms. The van der Waals surface area contributed by atoms with Gasteiger partial charge in [-0.15, -0.1) is 0 Å². The summed E-state index contributed by atoms with van der Waals surface area (Å²) in [5.41, 5.74) is 2.53. The van der Waals surface area contributed by atoms with Crippen LogP contribution < -0.4 is 15.5 Å². The number of morpholine rings is 1. The highest BCUT2D eigenvalue weighted by Crippen LogP contribution is 2.26. The maximum Gasteiger partial charge on any atom is 0.258 e.